The van der Waals surface area contributed by atoms with E-state index >= 15 is 0 Å². The zero-order valence-electron chi connectivity index (χ0n) is 12.5. The van der Waals surface area contributed by atoms with E-state index in [-0.39, 0.29) is 23.6 Å². The summed E-state index contributed by atoms with van der Waals surface area (Å²) in [7, 11) is 0. The van der Waals surface area contributed by atoms with Gasteiger partial charge in [0.25, 0.3) is 0 Å². The SMILES string of the molecule is C[C@@]12C[C@]1(C(=O)O)N1C(=O)[C@@H](NC(=O)Cc3ccccc3)[C@H]1S2. The average Bonchev–Trinajstić information content (AvgIpc) is 3.04. The number of β-lactam (4-membered cyclic amide) rings is 1. The van der Waals surface area contributed by atoms with Crippen molar-refractivity contribution < 1.29 is 19.5 Å². The molecule has 1 aromatic rings. The van der Waals surface area contributed by atoms with Crippen LogP contribution in [0.4, 0.5) is 0 Å². The van der Waals surface area contributed by atoms with Crippen molar-refractivity contribution in [2.24, 2.45) is 0 Å². The van der Waals surface area contributed by atoms with Gasteiger partial charge in [-0.1, -0.05) is 30.3 Å². The lowest BCUT2D eigenvalue weighted by Crippen LogP contribution is -2.72. The summed E-state index contributed by atoms with van der Waals surface area (Å²) < 4.78 is -0.432. The molecule has 1 aliphatic carbocycles. The summed E-state index contributed by atoms with van der Waals surface area (Å²) in [6.07, 6.45) is 0.691. The van der Waals surface area contributed by atoms with Crippen LogP contribution < -0.4 is 5.32 Å². The van der Waals surface area contributed by atoms with Gasteiger partial charge in [-0.3, -0.25) is 9.59 Å². The number of hydrogen-bond donors (Lipinski definition) is 2. The third-order valence-corrected chi connectivity index (χ3v) is 6.78. The lowest BCUT2D eigenvalue weighted by molar-refractivity contribution is -0.163. The van der Waals surface area contributed by atoms with Gasteiger partial charge in [-0.2, -0.15) is 0 Å². The molecule has 2 amide bonds. The maximum absolute atomic E-state index is 12.4. The highest BCUT2D eigenvalue weighted by atomic mass is 32.2. The normalized spacial score (nSPS) is 36.7. The number of nitrogens with one attached hydrogen (secondary N) is 1. The number of benzene rings is 1. The Morgan fingerprint density at radius 3 is 2.74 bits per heavy atom. The second kappa shape index (κ2) is 4.50. The van der Waals surface area contributed by atoms with Crippen LogP contribution in [0.3, 0.4) is 0 Å². The van der Waals surface area contributed by atoms with Gasteiger partial charge in [-0.05, 0) is 12.5 Å². The molecule has 120 valence electrons. The molecule has 3 fully saturated rings. The molecule has 6 nitrogen and oxygen atoms in total. The Balaban J connectivity index is 1.44. The van der Waals surface area contributed by atoms with Crippen molar-refractivity contribution in [1.29, 1.82) is 0 Å². The largest absolute Gasteiger partial charge is 0.479 e. The Hall–Kier alpha value is -2.02. The maximum atomic E-state index is 12.4. The number of carbonyl (C=O) groups is 3. The van der Waals surface area contributed by atoms with Crippen LogP contribution in [-0.2, 0) is 20.8 Å². The molecule has 3 aliphatic rings. The van der Waals surface area contributed by atoms with E-state index in [1.54, 1.807) is 0 Å². The van der Waals surface area contributed by atoms with Gasteiger partial charge in [-0.25, -0.2) is 4.79 Å². The number of fused-ring (bicyclic) bond motifs is 3. The first kappa shape index (κ1) is 14.6. The molecule has 1 saturated carbocycles. The number of thioether (sulfide) groups is 1. The predicted octanol–water partition coefficient (Wildman–Crippen LogP) is 0.615. The third kappa shape index (κ3) is 1.80. The van der Waals surface area contributed by atoms with Crippen LogP contribution in [0, 0.1) is 0 Å². The number of carboxylic acids is 1. The summed E-state index contributed by atoms with van der Waals surface area (Å²) in [5.41, 5.74) is -0.190. The average molecular weight is 332 g/mol. The monoisotopic (exact) mass is 332 g/mol. The van der Waals surface area contributed by atoms with Crippen LogP contribution in [0.1, 0.15) is 18.9 Å². The van der Waals surface area contributed by atoms with Crippen molar-refractivity contribution >= 4 is 29.5 Å². The highest BCUT2D eigenvalue weighted by Crippen LogP contribution is 2.71. The molecule has 0 spiro atoms. The van der Waals surface area contributed by atoms with E-state index in [0.717, 1.165) is 5.56 Å². The zero-order valence-corrected chi connectivity index (χ0v) is 13.3. The lowest BCUT2D eigenvalue weighted by atomic mass is 10.0. The first-order valence-electron chi connectivity index (χ1n) is 7.47. The minimum Gasteiger partial charge on any atom is -0.479 e. The van der Waals surface area contributed by atoms with Crippen molar-refractivity contribution in [3.8, 4) is 0 Å². The van der Waals surface area contributed by atoms with Gasteiger partial charge in [0.1, 0.15) is 11.4 Å². The van der Waals surface area contributed by atoms with Crippen LogP contribution in [0.2, 0.25) is 0 Å². The Morgan fingerprint density at radius 1 is 1.39 bits per heavy atom. The quantitative estimate of drug-likeness (QED) is 0.789. The minimum atomic E-state index is -1.07. The minimum absolute atomic E-state index is 0.212. The van der Waals surface area contributed by atoms with Crippen LogP contribution in [-0.4, -0.2) is 49.5 Å². The Kier molecular flexibility index (Phi) is 2.85. The second-order valence-corrected chi connectivity index (χ2v) is 8.12. The Morgan fingerprint density at radius 2 is 2.09 bits per heavy atom. The predicted molar refractivity (Wildman–Crippen MR) is 83.7 cm³/mol. The number of rotatable bonds is 4. The van der Waals surface area contributed by atoms with Crippen LogP contribution in [0.5, 0.6) is 0 Å². The summed E-state index contributed by atoms with van der Waals surface area (Å²) in [5.74, 6) is -1.45. The number of nitrogens with zero attached hydrogens (tertiary/aromatic N) is 1. The van der Waals surface area contributed by atoms with Gasteiger partial charge in [0.15, 0.2) is 5.54 Å². The summed E-state index contributed by atoms with van der Waals surface area (Å²) >= 11 is 1.49. The van der Waals surface area contributed by atoms with Gasteiger partial charge in [-0.15, -0.1) is 11.8 Å². The number of amides is 2. The molecule has 0 radical (unpaired) electrons. The molecule has 2 heterocycles. The maximum Gasteiger partial charge on any atom is 0.331 e. The van der Waals surface area contributed by atoms with E-state index in [9.17, 15) is 19.5 Å². The van der Waals surface area contributed by atoms with Crippen LogP contribution in [0.15, 0.2) is 30.3 Å². The summed E-state index contributed by atoms with van der Waals surface area (Å²) in [6, 6.07) is 8.69. The smallest absolute Gasteiger partial charge is 0.331 e. The highest BCUT2D eigenvalue weighted by Gasteiger charge is 2.85. The van der Waals surface area contributed by atoms with E-state index in [1.807, 2.05) is 37.3 Å². The standard InChI is InChI=1S/C16H16N2O4S/c1-15-8-16(15,14(21)22)18-12(20)11(13(18)23-15)17-10(19)7-9-5-3-2-4-6-9/h2-6,11,13H,7-8H2,1H3,(H,17,19)(H,21,22)/t11-,13-,15-,16-/m1/s1. The zero-order chi connectivity index (χ0) is 16.4. The van der Waals surface area contributed by atoms with Crippen LogP contribution >= 0.6 is 11.8 Å². The van der Waals surface area contributed by atoms with Crippen molar-refractivity contribution in [3.63, 3.8) is 0 Å². The molecule has 4 atom stereocenters. The Labute approximate surface area is 137 Å². The van der Waals surface area contributed by atoms with Gasteiger partial charge < -0.3 is 15.3 Å². The molecule has 2 aliphatic heterocycles. The molecule has 1 aromatic carbocycles. The highest BCUT2D eigenvalue weighted by molar-refractivity contribution is 8.02. The van der Waals surface area contributed by atoms with E-state index in [2.05, 4.69) is 5.32 Å². The number of hydrogen-bond acceptors (Lipinski definition) is 4. The fourth-order valence-electron chi connectivity index (χ4n) is 3.72. The molecular formula is C16H16N2O4S. The molecule has 23 heavy (non-hydrogen) atoms. The molecule has 2 N–H and O–H groups in total. The Bertz CT molecular complexity index is 724. The van der Waals surface area contributed by atoms with Crippen molar-refractivity contribution in [2.75, 3.05) is 0 Å². The molecule has 7 heteroatoms. The molecule has 4 rings (SSSR count). The van der Waals surface area contributed by atoms with E-state index in [0.29, 0.717) is 6.42 Å². The van der Waals surface area contributed by atoms with Gasteiger partial charge in [0, 0.05) is 6.42 Å². The molecule has 0 bridgehead atoms. The van der Waals surface area contributed by atoms with E-state index in [1.165, 1.54) is 16.7 Å². The lowest BCUT2D eigenvalue weighted by Gasteiger charge is -2.45. The number of carbonyl (C=O) groups excluding carboxylic acids is 2. The summed E-state index contributed by atoms with van der Waals surface area (Å²) in [5, 5.41) is 12.0. The van der Waals surface area contributed by atoms with Crippen molar-refractivity contribution in [2.45, 2.75) is 41.5 Å². The summed E-state index contributed by atoms with van der Waals surface area (Å²) in [4.78, 5) is 37.5. The van der Waals surface area contributed by atoms with E-state index in [4.69, 9.17) is 0 Å². The summed E-state index contributed by atoms with van der Waals surface area (Å²) in [6.45, 7) is 1.88. The molecule has 0 aromatic heterocycles. The van der Waals surface area contributed by atoms with Crippen LogP contribution in [0.25, 0.3) is 0 Å². The van der Waals surface area contributed by atoms with Gasteiger partial charge in [0.2, 0.25) is 11.8 Å². The molecule has 2 saturated heterocycles. The number of carboxylic acid groups (broad SMARTS) is 1. The first-order chi connectivity index (χ1) is 10.9. The number of aliphatic carboxylic acids is 1. The topological polar surface area (TPSA) is 86.7 Å². The second-order valence-electron chi connectivity index (χ2n) is 6.50. The van der Waals surface area contributed by atoms with Crippen molar-refractivity contribution in [3.05, 3.63) is 35.9 Å². The fraction of sp³-hybridized carbons (Fsp3) is 0.438. The van der Waals surface area contributed by atoms with Gasteiger partial charge in [0.05, 0.1) is 11.2 Å². The molecular weight excluding hydrogens is 316 g/mol. The fourth-order valence-corrected chi connectivity index (χ4v) is 5.64. The van der Waals surface area contributed by atoms with E-state index < -0.39 is 22.3 Å². The third-order valence-electron chi connectivity index (χ3n) is 5.06. The molecule has 0 unspecified atom stereocenters. The first-order valence-corrected chi connectivity index (χ1v) is 8.35. The van der Waals surface area contributed by atoms with Gasteiger partial charge >= 0.3 is 5.97 Å². The van der Waals surface area contributed by atoms with Crippen molar-refractivity contribution in [1.82, 2.24) is 10.2 Å².